The van der Waals surface area contributed by atoms with E-state index in [4.69, 9.17) is 4.74 Å². The third-order valence-electron chi connectivity index (χ3n) is 3.90. The second kappa shape index (κ2) is 8.92. The van der Waals surface area contributed by atoms with E-state index >= 15 is 0 Å². The summed E-state index contributed by atoms with van der Waals surface area (Å²) < 4.78 is 32.6. The van der Waals surface area contributed by atoms with E-state index in [-0.39, 0.29) is 34.9 Å². The number of hydrogen-bond acceptors (Lipinski definition) is 5. The van der Waals surface area contributed by atoms with Gasteiger partial charge in [0.05, 0.1) is 17.9 Å². The Kier molecular flexibility index (Phi) is 6.13. The van der Waals surface area contributed by atoms with Crippen molar-refractivity contribution in [1.82, 2.24) is 4.98 Å². The summed E-state index contributed by atoms with van der Waals surface area (Å²) in [5.41, 5.74) is 0.387. The van der Waals surface area contributed by atoms with Crippen molar-refractivity contribution in [2.75, 3.05) is 17.2 Å². The molecule has 0 saturated heterocycles. The Balaban J connectivity index is 1.81. The Labute approximate surface area is 165 Å². The van der Waals surface area contributed by atoms with Crippen LogP contribution < -0.4 is 10.6 Å². The molecule has 29 heavy (non-hydrogen) atoms. The molecule has 8 heteroatoms. The predicted molar refractivity (Wildman–Crippen MR) is 104 cm³/mol. The molecular weight excluding hydrogens is 380 g/mol. The van der Waals surface area contributed by atoms with E-state index in [9.17, 15) is 18.4 Å². The second-order valence-electron chi connectivity index (χ2n) is 5.87. The van der Waals surface area contributed by atoms with Crippen LogP contribution in [-0.4, -0.2) is 23.5 Å². The first-order valence-electron chi connectivity index (χ1n) is 8.74. The first-order valence-corrected chi connectivity index (χ1v) is 8.74. The zero-order chi connectivity index (χ0) is 20.8. The third-order valence-corrected chi connectivity index (χ3v) is 3.90. The lowest BCUT2D eigenvalue weighted by Crippen LogP contribution is -2.17. The second-order valence-corrected chi connectivity index (χ2v) is 5.87. The van der Waals surface area contributed by atoms with Crippen molar-refractivity contribution in [1.29, 1.82) is 0 Å². The van der Waals surface area contributed by atoms with Crippen LogP contribution in [0.25, 0.3) is 0 Å². The number of pyridine rings is 1. The number of ether oxygens (including phenoxy) is 1. The molecule has 0 aliphatic rings. The first-order chi connectivity index (χ1) is 14.0. The Bertz CT molecular complexity index is 1040. The third kappa shape index (κ3) is 4.73. The SMILES string of the molecule is CCOC(=O)c1ccccc1NC(=O)c1cc(Nc2c(F)cccc2F)ccn1. The molecule has 1 amide bonds. The number of hydrogen-bond donors (Lipinski definition) is 2. The highest BCUT2D eigenvalue weighted by Gasteiger charge is 2.16. The van der Waals surface area contributed by atoms with Gasteiger partial charge < -0.3 is 15.4 Å². The van der Waals surface area contributed by atoms with Crippen molar-refractivity contribution in [3.63, 3.8) is 0 Å². The van der Waals surface area contributed by atoms with Crippen LogP contribution in [-0.2, 0) is 4.74 Å². The molecule has 0 radical (unpaired) electrons. The number of nitrogens with zero attached hydrogens (tertiary/aromatic N) is 1. The van der Waals surface area contributed by atoms with Gasteiger partial charge in [-0.05, 0) is 43.3 Å². The van der Waals surface area contributed by atoms with E-state index in [1.165, 1.54) is 30.5 Å². The highest BCUT2D eigenvalue weighted by molar-refractivity contribution is 6.07. The zero-order valence-corrected chi connectivity index (χ0v) is 15.4. The van der Waals surface area contributed by atoms with Gasteiger partial charge >= 0.3 is 5.97 Å². The molecule has 0 spiro atoms. The number of aromatic nitrogens is 1. The van der Waals surface area contributed by atoms with Crippen molar-refractivity contribution in [2.45, 2.75) is 6.92 Å². The molecule has 2 aromatic carbocycles. The number of rotatable bonds is 6. The molecule has 0 fully saturated rings. The lowest BCUT2D eigenvalue weighted by Gasteiger charge is -2.11. The fourth-order valence-corrected chi connectivity index (χ4v) is 2.56. The first kappa shape index (κ1) is 19.9. The molecule has 1 heterocycles. The van der Waals surface area contributed by atoms with Gasteiger partial charge in [0.25, 0.3) is 5.91 Å². The maximum absolute atomic E-state index is 13.8. The summed E-state index contributed by atoms with van der Waals surface area (Å²) in [5, 5.41) is 5.20. The summed E-state index contributed by atoms with van der Waals surface area (Å²) in [4.78, 5) is 28.6. The van der Waals surface area contributed by atoms with E-state index in [0.717, 1.165) is 12.1 Å². The highest BCUT2D eigenvalue weighted by atomic mass is 19.1. The van der Waals surface area contributed by atoms with Crippen molar-refractivity contribution in [3.05, 3.63) is 83.7 Å². The maximum Gasteiger partial charge on any atom is 0.340 e. The lowest BCUT2D eigenvalue weighted by atomic mass is 10.1. The molecule has 1 aromatic heterocycles. The highest BCUT2D eigenvalue weighted by Crippen LogP contribution is 2.24. The Morgan fingerprint density at radius 3 is 2.48 bits per heavy atom. The van der Waals surface area contributed by atoms with Crippen LogP contribution in [0.4, 0.5) is 25.8 Å². The van der Waals surface area contributed by atoms with Gasteiger partial charge in [-0.1, -0.05) is 18.2 Å². The van der Waals surface area contributed by atoms with Gasteiger partial charge in [0.2, 0.25) is 0 Å². The lowest BCUT2D eigenvalue weighted by molar-refractivity contribution is 0.0527. The van der Waals surface area contributed by atoms with Crippen molar-refractivity contribution >= 4 is 28.9 Å². The number of halogens is 2. The maximum atomic E-state index is 13.8. The number of para-hydroxylation sites is 2. The van der Waals surface area contributed by atoms with Crippen LogP contribution >= 0.6 is 0 Å². The molecule has 3 aromatic rings. The number of anilines is 3. The number of carbonyl (C=O) groups excluding carboxylic acids is 2. The molecule has 0 aliphatic carbocycles. The molecule has 3 rings (SSSR count). The topological polar surface area (TPSA) is 80.3 Å². The van der Waals surface area contributed by atoms with Crippen LogP contribution in [0.1, 0.15) is 27.8 Å². The van der Waals surface area contributed by atoms with Crippen molar-refractivity contribution in [3.8, 4) is 0 Å². The van der Waals surface area contributed by atoms with E-state index in [0.29, 0.717) is 0 Å². The van der Waals surface area contributed by atoms with Gasteiger partial charge in [-0.15, -0.1) is 0 Å². The molecular formula is C21H17F2N3O3. The number of amides is 1. The predicted octanol–water partition coefficient (Wildman–Crippen LogP) is 4.53. The molecule has 0 unspecified atom stereocenters. The summed E-state index contributed by atoms with van der Waals surface area (Å²) in [6, 6.07) is 12.7. The smallest absolute Gasteiger partial charge is 0.340 e. The normalized spacial score (nSPS) is 10.3. The van der Waals surface area contributed by atoms with Gasteiger partial charge in [-0.3, -0.25) is 9.78 Å². The van der Waals surface area contributed by atoms with E-state index in [1.54, 1.807) is 25.1 Å². The van der Waals surface area contributed by atoms with Crippen LogP contribution in [0.15, 0.2) is 60.8 Å². The molecule has 2 N–H and O–H groups in total. The Hall–Kier alpha value is -3.81. The van der Waals surface area contributed by atoms with Gasteiger partial charge in [-0.25, -0.2) is 13.6 Å². The molecule has 0 saturated carbocycles. The monoisotopic (exact) mass is 397 g/mol. The average Bonchev–Trinajstić information content (AvgIpc) is 2.71. The van der Waals surface area contributed by atoms with Gasteiger partial charge in [0, 0.05) is 11.9 Å². The quantitative estimate of drug-likeness (QED) is 0.598. The minimum absolute atomic E-state index is 0.00888. The van der Waals surface area contributed by atoms with Gasteiger partial charge in [-0.2, -0.15) is 0 Å². The molecule has 6 nitrogen and oxygen atoms in total. The number of carbonyl (C=O) groups is 2. The van der Waals surface area contributed by atoms with E-state index < -0.39 is 23.5 Å². The zero-order valence-electron chi connectivity index (χ0n) is 15.4. The van der Waals surface area contributed by atoms with Crippen molar-refractivity contribution in [2.24, 2.45) is 0 Å². The fraction of sp³-hybridized carbons (Fsp3) is 0.0952. The summed E-state index contributed by atoms with van der Waals surface area (Å²) in [5.74, 6) is -2.70. The van der Waals surface area contributed by atoms with Crippen LogP contribution in [0.2, 0.25) is 0 Å². The molecule has 0 bridgehead atoms. The number of benzene rings is 2. The van der Waals surface area contributed by atoms with E-state index in [1.807, 2.05) is 0 Å². The molecule has 0 atom stereocenters. The fourth-order valence-electron chi connectivity index (χ4n) is 2.56. The van der Waals surface area contributed by atoms with Gasteiger partial charge in [0.1, 0.15) is 23.0 Å². The Morgan fingerprint density at radius 2 is 1.76 bits per heavy atom. The molecule has 148 valence electrons. The largest absolute Gasteiger partial charge is 0.462 e. The minimum Gasteiger partial charge on any atom is -0.462 e. The number of esters is 1. The van der Waals surface area contributed by atoms with E-state index in [2.05, 4.69) is 15.6 Å². The average molecular weight is 397 g/mol. The minimum atomic E-state index is -0.767. The Morgan fingerprint density at radius 1 is 1.03 bits per heavy atom. The van der Waals surface area contributed by atoms with Gasteiger partial charge in [0.15, 0.2) is 0 Å². The summed E-state index contributed by atoms with van der Waals surface area (Å²) in [6.45, 7) is 1.88. The number of nitrogens with one attached hydrogen (secondary N) is 2. The van der Waals surface area contributed by atoms with Crippen LogP contribution in [0.5, 0.6) is 0 Å². The molecule has 0 aliphatic heterocycles. The van der Waals surface area contributed by atoms with Crippen molar-refractivity contribution < 1.29 is 23.1 Å². The summed E-state index contributed by atoms with van der Waals surface area (Å²) >= 11 is 0. The summed E-state index contributed by atoms with van der Waals surface area (Å²) in [6.07, 6.45) is 1.33. The van der Waals surface area contributed by atoms with Crippen LogP contribution in [0.3, 0.4) is 0 Å². The summed E-state index contributed by atoms with van der Waals surface area (Å²) in [7, 11) is 0. The van der Waals surface area contributed by atoms with Crippen LogP contribution in [0, 0.1) is 11.6 Å². The standard InChI is InChI=1S/C21H17F2N3O3/c1-2-29-21(28)14-6-3-4-9-17(14)26-20(27)18-12-13(10-11-24-18)25-19-15(22)7-5-8-16(19)23/h3-12H,2H2,1H3,(H,24,25)(H,26,27).